The average molecular weight is 338 g/mol. The molecule has 1 aromatic rings. The van der Waals surface area contributed by atoms with Crippen LogP contribution in [0, 0.1) is 11.3 Å². The normalized spacial score (nSPS) is 10.6. The molecule has 1 amide bonds. The third kappa shape index (κ3) is 6.09. The number of nitrogens with zero attached hydrogens (tertiary/aromatic N) is 1. The fourth-order valence-electron chi connectivity index (χ4n) is 1.83. The van der Waals surface area contributed by atoms with Crippen LogP contribution in [0.1, 0.15) is 5.56 Å². The molecule has 0 saturated carbocycles. The first kappa shape index (κ1) is 18.7. The van der Waals surface area contributed by atoms with Crippen molar-refractivity contribution in [1.29, 1.82) is 5.26 Å². The van der Waals surface area contributed by atoms with Gasteiger partial charge in [0.1, 0.15) is 11.6 Å². The molecule has 0 aliphatic rings. The number of nitrogens with one attached hydrogen (secondary N) is 2. The van der Waals surface area contributed by atoms with Crippen LogP contribution in [0.5, 0.6) is 11.5 Å². The second kappa shape index (κ2) is 10.4. The zero-order valence-electron chi connectivity index (χ0n) is 13.2. The van der Waals surface area contributed by atoms with Gasteiger partial charge < -0.3 is 20.1 Å². The summed E-state index contributed by atoms with van der Waals surface area (Å²) in [6, 6.07) is 7.51. The van der Waals surface area contributed by atoms with E-state index in [4.69, 9.17) is 26.3 Å². The summed E-state index contributed by atoms with van der Waals surface area (Å²) in [6.07, 6.45) is 2.11. The minimum atomic E-state index is -0.438. The monoisotopic (exact) mass is 337 g/mol. The highest BCUT2D eigenvalue weighted by Gasteiger charge is 2.07. The van der Waals surface area contributed by atoms with Crippen LogP contribution in [0.25, 0.3) is 0 Å². The highest BCUT2D eigenvalue weighted by Crippen LogP contribution is 2.27. The Labute approximate surface area is 141 Å². The van der Waals surface area contributed by atoms with E-state index >= 15 is 0 Å². The molecule has 1 aromatic carbocycles. The van der Waals surface area contributed by atoms with Gasteiger partial charge in [-0.2, -0.15) is 5.26 Å². The van der Waals surface area contributed by atoms with Gasteiger partial charge in [0.05, 0.1) is 14.2 Å². The van der Waals surface area contributed by atoms with Crippen molar-refractivity contribution in [2.45, 2.75) is 6.42 Å². The van der Waals surface area contributed by atoms with Crippen LogP contribution in [0.4, 0.5) is 0 Å². The Morgan fingerprint density at radius 2 is 2.04 bits per heavy atom. The molecule has 6 nitrogen and oxygen atoms in total. The molecule has 0 heterocycles. The second-order valence-electron chi connectivity index (χ2n) is 4.51. The number of benzene rings is 1. The molecule has 0 aromatic heterocycles. The number of hydrogen-bond donors (Lipinski definition) is 2. The van der Waals surface area contributed by atoms with E-state index in [1.165, 1.54) is 6.20 Å². The first-order valence-corrected chi connectivity index (χ1v) is 7.58. The summed E-state index contributed by atoms with van der Waals surface area (Å²) >= 11 is 5.48. The van der Waals surface area contributed by atoms with Crippen LogP contribution in [0.2, 0.25) is 0 Å². The second-order valence-corrected chi connectivity index (χ2v) is 4.89. The smallest absolute Gasteiger partial charge is 0.263 e. The average Bonchev–Trinajstić information content (AvgIpc) is 2.59. The molecule has 0 unspecified atom stereocenters. The fraction of sp³-hybridized carbons (Fsp3) is 0.375. The zero-order valence-corrected chi connectivity index (χ0v) is 13.9. The Morgan fingerprint density at radius 3 is 2.65 bits per heavy atom. The van der Waals surface area contributed by atoms with Crippen LogP contribution in [-0.2, 0) is 11.2 Å². The maximum Gasteiger partial charge on any atom is 0.263 e. The van der Waals surface area contributed by atoms with Gasteiger partial charge in [0, 0.05) is 25.2 Å². The van der Waals surface area contributed by atoms with Gasteiger partial charge in [0.25, 0.3) is 5.91 Å². The number of hydrogen-bond acceptors (Lipinski definition) is 5. The number of carbonyl (C=O) groups is 1. The Bertz CT molecular complexity index is 597. The molecular formula is C16H20ClN3O3. The Morgan fingerprint density at radius 1 is 1.30 bits per heavy atom. The number of carbonyl (C=O) groups excluding carboxylic acids is 1. The summed E-state index contributed by atoms with van der Waals surface area (Å²) in [4.78, 5) is 11.6. The van der Waals surface area contributed by atoms with Crippen molar-refractivity contribution >= 4 is 17.5 Å². The van der Waals surface area contributed by atoms with E-state index in [0.29, 0.717) is 36.9 Å². The van der Waals surface area contributed by atoms with E-state index in [0.717, 1.165) is 5.56 Å². The number of rotatable bonds is 9. The molecule has 1 rings (SSSR count). The molecule has 0 aliphatic carbocycles. The largest absolute Gasteiger partial charge is 0.493 e. The van der Waals surface area contributed by atoms with Crippen molar-refractivity contribution < 1.29 is 14.3 Å². The van der Waals surface area contributed by atoms with E-state index in [1.54, 1.807) is 14.2 Å². The highest BCUT2D eigenvalue weighted by molar-refractivity contribution is 6.18. The lowest BCUT2D eigenvalue weighted by molar-refractivity contribution is -0.117. The number of alkyl halides is 1. The zero-order chi connectivity index (χ0) is 17.1. The summed E-state index contributed by atoms with van der Waals surface area (Å²) in [6.45, 7) is 0.897. The molecule has 0 atom stereocenters. The van der Waals surface area contributed by atoms with Gasteiger partial charge in [-0.25, -0.2) is 0 Å². The van der Waals surface area contributed by atoms with Gasteiger partial charge in [0.15, 0.2) is 11.5 Å². The summed E-state index contributed by atoms with van der Waals surface area (Å²) in [5.41, 5.74) is 1.07. The van der Waals surface area contributed by atoms with Gasteiger partial charge in [0.2, 0.25) is 0 Å². The number of amides is 1. The van der Waals surface area contributed by atoms with Crippen molar-refractivity contribution in [3.63, 3.8) is 0 Å². The van der Waals surface area contributed by atoms with Crippen LogP contribution in [-0.4, -0.2) is 39.1 Å². The minimum absolute atomic E-state index is 0.0161. The number of nitriles is 1. The minimum Gasteiger partial charge on any atom is -0.493 e. The fourth-order valence-corrected chi connectivity index (χ4v) is 1.93. The molecular weight excluding hydrogens is 318 g/mol. The predicted octanol–water partition coefficient (Wildman–Crippen LogP) is 1.60. The predicted molar refractivity (Wildman–Crippen MR) is 88.7 cm³/mol. The van der Waals surface area contributed by atoms with Crippen molar-refractivity contribution in [3.05, 3.63) is 35.5 Å². The van der Waals surface area contributed by atoms with Crippen molar-refractivity contribution in [2.75, 3.05) is 33.2 Å². The van der Waals surface area contributed by atoms with Crippen LogP contribution in [0.15, 0.2) is 30.0 Å². The van der Waals surface area contributed by atoms with Crippen molar-refractivity contribution in [3.8, 4) is 17.6 Å². The van der Waals surface area contributed by atoms with Gasteiger partial charge >= 0.3 is 0 Å². The van der Waals surface area contributed by atoms with Gasteiger partial charge in [-0.3, -0.25) is 4.79 Å². The standard InChI is InChI=1S/C16H20ClN3O3/c1-22-14-4-3-12(9-15(14)23-2)5-7-19-11-13(10-18)16(21)20-8-6-17/h3-4,9,11,19H,5-8H2,1-2H3,(H,20,21)/b13-11-. The summed E-state index contributed by atoms with van der Waals surface area (Å²) in [7, 11) is 3.17. The van der Waals surface area contributed by atoms with Crippen LogP contribution < -0.4 is 20.1 Å². The number of halogens is 1. The van der Waals surface area contributed by atoms with Gasteiger partial charge in [-0.1, -0.05) is 6.07 Å². The van der Waals surface area contributed by atoms with Crippen molar-refractivity contribution in [2.24, 2.45) is 0 Å². The van der Waals surface area contributed by atoms with E-state index in [9.17, 15) is 4.79 Å². The summed E-state index contributed by atoms with van der Waals surface area (Å²) in [5, 5.41) is 14.5. The molecule has 0 aliphatic heterocycles. The lowest BCUT2D eigenvalue weighted by atomic mass is 10.1. The summed E-state index contributed by atoms with van der Waals surface area (Å²) < 4.78 is 10.4. The Kier molecular flexibility index (Phi) is 8.40. The third-order valence-electron chi connectivity index (χ3n) is 3.00. The molecule has 124 valence electrons. The quantitative estimate of drug-likeness (QED) is 0.309. The maximum absolute atomic E-state index is 11.6. The van der Waals surface area contributed by atoms with Gasteiger partial charge in [-0.05, 0) is 24.1 Å². The van der Waals surface area contributed by atoms with E-state index in [1.807, 2.05) is 24.3 Å². The van der Waals surface area contributed by atoms with Crippen molar-refractivity contribution in [1.82, 2.24) is 10.6 Å². The lowest BCUT2D eigenvalue weighted by Crippen LogP contribution is -2.27. The van der Waals surface area contributed by atoms with Crippen LogP contribution >= 0.6 is 11.6 Å². The Balaban J connectivity index is 2.54. The third-order valence-corrected chi connectivity index (χ3v) is 3.19. The van der Waals surface area contributed by atoms with E-state index in [-0.39, 0.29) is 5.57 Å². The molecule has 0 spiro atoms. The van der Waals surface area contributed by atoms with Gasteiger partial charge in [-0.15, -0.1) is 11.6 Å². The molecule has 0 saturated heterocycles. The topological polar surface area (TPSA) is 83.4 Å². The highest BCUT2D eigenvalue weighted by atomic mass is 35.5. The van der Waals surface area contributed by atoms with E-state index < -0.39 is 5.91 Å². The molecule has 0 radical (unpaired) electrons. The first-order valence-electron chi connectivity index (χ1n) is 7.05. The summed E-state index contributed by atoms with van der Waals surface area (Å²) in [5.74, 6) is 1.20. The molecule has 23 heavy (non-hydrogen) atoms. The Hall–Kier alpha value is -2.39. The molecule has 7 heteroatoms. The number of ether oxygens (including phenoxy) is 2. The molecule has 0 fully saturated rings. The van der Waals surface area contributed by atoms with Crippen LogP contribution in [0.3, 0.4) is 0 Å². The van der Waals surface area contributed by atoms with E-state index in [2.05, 4.69) is 10.6 Å². The lowest BCUT2D eigenvalue weighted by Gasteiger charge is -2.09. The molecule has 2 N–H and O–H groups in total. The molecule has 0 bridgehead atoms. The maximum atomic E-state index is 11.6. The first-order chi connectivity index (χ1) is 11.2. The SMILES string of the molecule is COc1ccc(CCN/C=C(/C#N)C(=O)NCCCl)cc1OC. The number of methoxy groups -OCH3 is 2.